The van der Waals surface area contributed by atoms with Gasteiger partial charge in [-0.1, -0.05) is 6.92 Å². The normalized spacial score (nSPS) is 10.6. The molecule has 0 saturated carbocycles. The Morgan fingerprint density at radius 1 is 1.69 bits per heavy atom. The number of aliphatic carboxylic acids is 1. The molecule has 0 aliphatic rings. The third-order valence-electron chi connectivity index (χ3n) is 1.76. The van der Waals surface area contributed by atoms with Gasteiger partial charge in [0.1, 0.15) is 5.76 Å². The first kappa shape index (κ1) is 9.80. The summed E-state index contributed by atoms with van der Waals surface area (Å²) in [5.41, 5.74) is 0. The van der Waals surface area contributed by atoms with Crippen LogP contribution < -0.4 is 5.11 Å². The molecular formula is C9H12NO3-. The maximum Gasteiger partial charge on any atom is 0.117 e. The Balaban J connectivity index is 2.45. The molecule has 0 radical (unpaired) electrons. The Kier molecular flexibility index (Phi) is 3.52. The number of carboxylic acid groups (broad SMARTS) is 1. The summed E-state index contributed by atoms with van der Waals surface area (Å²) in [6.45, 7) is 3.01. The molecule has 1 rings (SSSR count). The van der Waals surface area contributed by atoms with Crippen LogP contribution in [0.15, 0.2) is 22.8 Å². The minimum atomic E-state index is -1.06. The first-order valence-corrected chi connectivity index (χ1v) is 4.17. The van der Waals surface area contributed by atoms with E-state index in [9.17, 15) is 9.90 Å². The third kappa shape index (κ3) is 3.29. The zero-order valence-corrected chi connectivity index (χ0v) is 7.53. The molecule has 13 heavy (non-hydrogen) atoms. The van der Waals surface area contributed by atoms with Crippen molar-refractivity contribution in [2.45, 2.75) is 13.5 Å². The second-order valence-corrected chi connectivity index (χ2v) is 2.75. The summed E-state index contributed by atoms with van der Waals surface area (Å²) in [7, 11) is 0. The fourth-order valence-corrected chi connectivity index (χ4v) is 1.09. The minimum Gasteiger partial charge on any atom is -0.549 e. The summed E-state index contributed by atoms with van der Waals surface area (Å²) >= 11 is 0. The lowest BCUT2D eigenvalue weighted by Gasteiger charge is -2.18. The highest BCUT2D eigenvalue weighted by atomic mass is 16.4. The number of carbonyl (C=O) groups excluding carboxylic acids is 1. The van der Waals surface area contributed by atoms with E-state index in [1.54, 1.807) is 17.2 Å². The predicted octanol–water partition coefficient (Wildman–Crippen LogP) is -0.149. The lowest BCUT2D eigenvalue weighted by molar-refractivity contribution is -0.306. The van der Waals surface area contributed by atoms with E-state index in [-0.39, 0.29) is 6.54 Å². The third-order valence-corrected chi connectivity index (χ3v) is 1.76. The second-order valence-electron chi connectivity index (χ2n) is 2.75. The monoisotopic (exact) mass is 182 g/mol. The van der Waals surface area contributed by atoms with Crippen LogP contribution in [0.2, 0.25) is 0 Å². The lowest BCUT2D eigenvalue weighted by atomic mass is 10.4. The number of hydrogen-bond acceptors (Lipinski definition) is 4. The molecule has 1 aromatic rings. The van der Waals surface area contributed by atoms with Crippen LogP contribution in [-0.4, -0.2) is 24.0 Å². The van der Waals surface area contributed by atoms with Gasteiger partial charge in [0.05, 0.1) is 18.8 Å². The van der Waals surface area contributed by atoms with Gasteiger partial charge in [-0.25, -0.2) is 0 Å². The van der Waals surface area contributed by atoms with Crippen molar-refractivity contribution < 1.29 is 14.3 Å². The zero-order chi connectivity index (χ0) is 9.68. The Labute approximate surface area is 76.8 Å². The van der Waals surface area contributed by atoms with E-state index in [4.69, 9.17) is 4.42 Å². The maximum atomic E-state index is 10.3. The van der Waals surface area contributed by atoms with Gasteiger partial charge in [0, 0.05) is 6.54 Å². The minimum absolute atomic E-state index is 0.0583. The summed E-state index contributed by atoms with van der Waals surface area (Å²) in [5.74, 6) is -0.295. The molecule has 0 bridgehead atoms. The van der Waals surface area contributed by atoms with Crippen LogP contribution in [0.3, 0.4) is 0 Å². The number of nitrogens with zero attached hydrogens (tertiary/aromatic N) is 1. The summed E-state index contributed by atoms with van der Waals surface area (Å²) in [4.78, 5) is 12.0. The van der Waals surface area contributed by atoms with Gasteiger partial charge in [-0.15, -0.1) is 0 Å². The number of likely N-dealkylation sites (N-methyl/N-ethyl adjacent to an activating group) is 1. The molecule has 0 unspecified atom stereocenters. The number of furan rings is 1. The van der Waals surface area contributed by atoms with Crippen molar-refractivity contribution in [3.63, 3.8) is 0 Å². The van der Waals surface area contributed by atoms with Gasteiger partial charge < -0.3 is 14.3 Å². The Bertz CT molecular complexity index is 256. The molecule has 72 valence electrons. The van der Waals surface area contributed by atoms with Crippen molar-refractivity contribution in [2.75, 3.05) is 13.1 Å². The molecule has 0 N–H and O–H groups in total. The molecule has 0 spiro atoms. The number of carbonyl (C=O) groups is 1. The van der Waals surface area contributed by atoms with Gasteiger partial charge in [0.25, 0.3) is 0 Å². The van der Waals surface area contributed by atoms with Crippen molar-refractivity contribution >= 4 is 5.97 Å². The van der Waals surface area contributed by atoms with Gasteiger partial charge in [0.2, 0.25) is 0 Å². The summed E-state index contributed by atoms with van der Waals surface area (Å²) < 4.78 is 5.09. The highest BCUT2D eigenvalue weighted by Gasteiger charge is 2.04. The Morgan fingerprint density at radius 2 is 2.46 bits per heavy atom. The molecule has 1 heterocycles. The molecule has 4 heteroatoms. The molecule has 0 aromatic carbocycles. The molecule has 0 saturated heterocycles. The fourth-order valence-electron chi connectivity index (χ4n) is 1.09. The standard InChI is InChI=1S/C9H13NO3/c1-2-10(7-9(11)12)6-8-4-3-5-13-8/h3-5H,2,6-7H2,1H3,(H,11,12)/p-1. The Morgan fingerprint density at radius 3 is 2.92 bits per heavy atom. The first-order chi connectivity index (χ1) is 6.22. The van der Waals surface area contributed by atoms with E-state index < -0.39 is 5.97 Å². The Hall–Kier alpha value is -1.29. The summed E-state index contributed by atoms with van der Waals surface area (Å²) in [6, 6.07) is 3.60. The van der Waals surface area contributed by atoms with E-state index in [1.807, 2.05) is 13.0 Å². The fraction of sp³-hybridized carbons (Fsp3) is 0.444. The molecular weight excluding hydrogens is 170 g/mol. The van der Waals surface area contributed by atoms with Gasteiger partial charge >= 0.3 is 0 Å². The molecule has 4 nitrogen and oxygen atoms in total. The number of rotatable bonds is 5. The largest absolute Gasteiger partial charge is 0.549 e. The lowest BCUT2D eigenvalue weighted by Crippen LogP contribution is -2.37. The van der Waals surface area contributed by atoms with E-state index in [2.05, 4.69) is 0 Å². The van der Waals surface area contributed by atoms with Crippen LogP contribution in [0.1, 0.15) is 12.7 Å². The number of hydrogen-bond donors (Lipinski definition) is 0. The average Bonchev–Trinajstić information content (AvgIpc) is 2.55. The zero-order valence-electron chi connectivity index (χ0n) is 7.53. The highest BCUT2D eigenvalue weighted by Crippen LogP contribution is 2.04. The topological polar surface area (TPSA) is 56.5 Å². The van der Waals surface area contributed by atoms with Gasteiger partial charge in [-0.2, -0.15) is 0 Å². The molecule has 0 aliphatic carbocycles. The van der Waals surface area contributed by atoms with Crippen LogP contribution in [0.4, 0.5) is 0 Å². The second kappa shape index (κ2) is 4.67. The van der Waals surface area contributed by atoms with Crippen LogP contribution in [0, 0.1) is 0 Å². The molecule has 0 fully saturated rings. The average molecular weight is 182 g/mol. The van der Waals surface area contributed by atoms with Crippen molar-refractivity contribution in [1.29, 1.82) is 0 Å². The van der Waals surface area contributed by atoms with Crippen molar-refractivity contribution in [3.05, 3.63) is 24.2 Å². The van der Waals surface area contributed by atoms with Crippen LogP contribution in [0.25, 0.3) is 0 Å². The van der Waals surface area contributed by atoms with Gasteiger partial charge in [-0.3, -0.25) is 4.90 Å². The molecule has 1 aromatic heterocycles. The predicted molar refractivity (Wildman–Crippen MR) is 44.7 cm³/mol. The molecule has 0 amide bonds. The van der Waals surface area contributed by atoms with Gasteiger partial charge in [0.15, 0.2) is 0 Å². The van der Waals surface area contributed by atoms with E-state index in [1.165, 1.54) is 0 Å². The van der Waals surface area contributed by atoms with E-state index in [0.29, 0.717) is 13.1 Å². The highest BCUT2D eigenvalue weighted by molar-refractivity contribution is 5.66. The van der Waals surface area contributed by atoms with Crippen LogP contribution in [0.5, 0.6) is 0 Å². The quantitative estimate of drug-likeness (QED) is 0.635. The van der Waals surface area contributed by atoms with Crippen molar-refractivity contribution in [3.8, 4) is 0 Å². The molecule has 0 atom stereocenters. The van der Waals surface area contributed by atoms with E-state index >= 15 is 0 Å². The van der Waals surface area contributed by atoms with Crippen LogP contribution >= 0.6 is 0 Å². The summed E-state index contributed by atoms with van der Waals surface area (Å²) in [6.07, 6.45) is 1.57. The number of carboxylic acids is 1. The molecule has 0 aliphatic heterocycles. The summed E-state index contributed by atoms with van der Waals surface area (Å²) in [5, 5.41) is 10.3. The van der Waals surface area contributed by atoms with Crippen LogP contribution in [-0.2, 0) is 11.3 Å². The van der Waals surface area contributed by atoms with E-state index in [0.717, 1.165) is 5.76 Å². The van der Waals surface area contributed by atoms with Gasteiger partial charge in [-0.05, 0) is 18.7 Å². The van der Waals surface area contributed by atoms with Crippen molar-refractivity contribution in [2.24, 2.45) is 0 Å². The smallest absolute Gasteiger partial charge is 0.117 e. The first-order valence-electron chi connectivity index (χ1n) is 4.17. The SMILES string of the molecule is CCN(CC(=O)[O-])Cc1ccco1. The maximum absolute atomic E-state index is 10.3. The van der Waals surface area contributed by atoms with Crippen molar-refractivity contribution in [1.82, 2.24) is 4.90 Å².